The molecule has 1 unspecified atom stereocenters. The van der Waals surface area contributed by atoms with Gasteiger partial charge in [-0.15, -0.1) is 0 Å². The summed E-state index contributed by atoms with van der Waals surface area (Å²) in [7, 11) is 0. The van der Waals surface area contributed by atoms with E-state index in [1.807, 2.05) is 6.92 Å². The molecule has 1 aliphatic carbocycles. The van der Waals surface area contributed by atoms with Gasteiger partial charge in [-0.3, -0.25) is 4.79 Å². The third-order valence-corrected chi connectivity index (χ3v) is 3.09. The number of hydrogen-bond acceptors (Lipinski definition) is 2. The van der Waals surface area contributed by atoms with E-state index < -0.39 is 17.7 Å². The van der Waals surface area contributed by atoms with Crippen LogP contribution in [0.4, 0.5) is 8.78 Å². The van der Waals surface area contributed by atoms with Crippen molar-refractivity contribution in [2.24, 2.45) is 5.92 Å². The number of benzene rings is 1. The Morgan fingerprint density at radius 1 is 1.44 bits per heavy atom. The molecule has 0 radical (unpaired) electrons. The van der Waals surface area contributed by atoms with E-state index in [0.717, 1.165) is 18.9 Å². The van der Waals surface area contributed by atoms with Crippen molar-refractivity contribution in [3.8, 4) is 0 Å². The van der Waals surface area contributed by atoms with E-state index >= 15 is 0 Å². The van der Waals surface area contributed by atoms with E-state index in [9.17, 15) is 13.6 Å². The molecule has 4 heteroatoms. The molecule has 0 aromatic heterocycles. The molecule has 1 atom stereocenters. The predicted molar refractivity (Wildman–Crippen MR) is 63.2 cm³/mol. The molecule has 0 bridgehead atoms. The number of ketones is 1. The lowest BCUT2D eigenvalue weighted by Gasteiger charge is -2.15. The molecule has 18 heavy (non-hydrogen) atoms. The van der Waals surface area contributed by atoms with E-state index in [1.165, 1.54) is 12.1 Å². The Balaban J connectivity index is 2.05. The van der Waals surface area contributed by atoms with Crippen molar-refractivity contribution in [1.29, 1.82) is 0 Å². The first-order valence-corrected chi connectivity index (χ1v) is 6.20. The van der Waals surface area contributed by atoms with Crippen LogP contribution >= 0.6 is 0 Å². The monoisotopic (exact) mass is 254 g/mol. The van der Waals surface area contributed by atoms with Crippen LogP contribution in [-0.4, -0.2) is 18.5 Å². The Hall–Kier alpha value is -1.29. The first-order chi connectivity index (χ1) is 8.61. The molecule has 1 aromatic rings. The lowest BCUT2D eigenvalue weighted by molar-refractivity contribution is -0.131. The second kappa shape index (κ2) is 5.57. The smallest absolute Gasteiger partial charge is 0.166 e. The van der Waals surface area contributed by atoms with E-state index in [0.29, 0.717) is 6.61 Å². The number of ether oxygens (including phenoxy) is 1. The molecule has 2 rings (SSSR count). The van der Waals surface area contributed by atoms with Gasteiger partial charge in [0.2, 0.25) is 0 Å². The Labute approximate surface area is 105 Å². The van der Waals surface area contributed by atoms with Gasteiger partial charge in [0.1, 0.15) is 17.7 Å². The van der Waals surface area contributed by atoms with Crippen LogP contribution in [0.15, 0.2) is 18.2 Å². The fourth-order valence-electron chi connectivity index (χ4n) is 2.02. The summed E-state index contributed by atoms with van der Waals surface area (Å²) in [6.07, 6.45) is 1.51. The molecule has 0 N–H and O–H groups in total. The zero-order valence-electron chi connectivity index (χ0n) is 10.3. The standard InChI is InChI=1S/C14H16F2O2/c1-2-18-14(9-3-4-9)13(17)7-10-5-6-11(15)8-12(10)16/h5-6,8-9,14H,2-4,7H2,1H3. The topological polar surface area (TPSA) is 26.3 Å². The summed E-state index contributed by atoms with van der Waals surface area (Å²) >= 11 is 0. The minimum atomic E-state index is -0.672. The fourth-order valence-corrected chi connectivity index (χ4v) is 2.02. The van der Waals surface area contributed by atoms with Crippen molar-refractivity contribution >= 4 is 5.78 Å². The van der Waals surface area contributed by atoms with E-state index in [-0.39, 0.29) is 23.7 Å². The number of rotatable bonds is 6. The van der Waals surface area contributed by atoms with Crippen molar-refractivity contribution in [2.45, 2.75) is 32.3 Å². The molecule has 98 valence electrons. The molecular weight excluding hydrogens is 238 g/mol. The van der Waals surface area contributed by atoms with Crippen LogP contribution in [0.3, 0.4) is 0 Å². The number of hydrogen-bond donors (Lipinski definition) is 0. The van der Waals surface area contributed by atoms with Crippen molar-refractivity contribution in [3.05, 3.63) is 35.4 Å². The van der Waals surface area contributed by atoms with Crippen LogP contribution in [0.5, 0.6) is 0 Å². The average Bonchev–Trinajstić information content (AvgIpc) is 3.13. The van der Waals surface area contributed by atoms with E-state index in [4.69, 9.17) is 4.74 Å². The molecule has 0 saturated heterocycles. The second-order valence-corrected chi connectivity index (χ2v) is 4.59. The molecule has 0 spiro atoms. The Morgan fingerprint density at radius 2 is 2.17 bits per heavy atom. The molecule has 1 aliphatic rings. The summed E-state index contributed by atoms with van der Waals surface area (Å²) in [6.45, 7) is 2.31. The normalized spacial score (nSPS) is 16.6. The van der Waals surface area contributed by atoms with Gasteiger partial charge in [-0.25, -0.2) is 8.78 Å². The van der Waals surface area contributed by atoms with Crippen molar-refractivity contribution in [3.63, 3.8) is 0 Å². The lowest BCUT2D eigenvalue weighted by atomic mass is 10.0. The lowest BCUT2D eigenvalue weighted by Crippen LogP contribution is -2.28. The SMILES string of the molecule is CCOC(C(=O)Cc1ccc(F)cc1F)C1CC1. The van der Waals surface area contributed by atoms with Gasteiger partial charge in [-0.05, 0) is 37.3 Å². The van der Waals surface area contributed by atoms with Crippen molar-refractivity contribution < 1.29 is 18.3 Å². The molecular formula is C14H16F2O2. The minimum absolute atomic E-state index is 0.0344. The quantitative estimate of drug-likeness (QED) is 0.780. The molecule has 0 aliphatic heterocycles. The summed E-state index contributed by atoms with van der Waals surface area (Å²) in [5.41, 5.74) is 0.228. The molecule has 2 nitrogen and oxygen atoms in total. The average molecular weight is 254 g/mol. The van der Waals surface area contributed by atoms with Crippen LogP contribution < -0.4 is 0 Å². The van der Waals surface area contributed by atoms with Gasteiger partial charge in [-0.1, -0.05) is 6.07 Å². The largest absolute Gasteiger partial charge is 0.370 e. The minimum Gasteiger partial charge on any atom is -0.370 e. The molecule has 1 aromatic carbocycles. The van der Waals surface area contributed by atoms with Crippen LogP contribution in [0.1, 0.15) is 25.3 Å². The Kier molecular flexibility index (Phi) is 4.07. The maximum atomic E-state index is 13.4. The number of carbonyl (C=O) groups excluding carboxylic acids is 1. The van der Waals surface area contributed by atoms with Crippen LogP contribution in [0.25, 0.3) is 0 Å². The van der Waals surface area contributed by atoms with Gasteiger partial charge in [-0.2, -0.15) is 0 Å². The van der Waals surface area contributed by atoms with E-state index in [2.05, 4.69) is 0 Å². The zero-order chi connectivity index (χ0) is 13.1. The zero-order valence-corrected chi connectivity index (χ0v) is 10.3. The molecule has 0 heterocycles. The Bertz CT molecular complexity index is 441. The summed E-state index contributed by atoms with van der Waals surface area (Å²) in [5.74, 6) is -1.15. The van der Waals surface area contributed by atoms with Crippen molar-refractivity contribution in [2.75, 3.05) is 6.61 Å². The third kappa shape index (κ3) is 3.13. The van der Waals surface area contributed by atoms with Gasteiger partial charge < -0.3 is 4.74 Å². The van der Waals surface area contributed by atoms with Crippen molar-refractivity contribution in [1.82, 2.24) is 0 Å². The van der Waals surface area contributed by atoms with Crippen LogP contribution in [0, 0.1) is 17.6 Å². The van der Waals surface area contributed by atoms with Crippen LogP contribution in [0.2, 0.25) is 0 Å². The van der Waals surface area contributed by atoms with Crippen LogP contribution in [-0.2, 0) is 16.0 Å². The highest BCUT2D eigenvalue weighted by Crippen LogP contribution is 2.35. The number of Topliss-reactive ketones (excluding diaryl/α,β-unsaturated/α-hetero) is 1. The summed E-state index contributed by atoms with van der Waals surface area (Å²) < 4.78 is 31.6. The summed E-state index contributed by atoms with van der Waals surface area (Å²) in [4.78, 5) is 12.0. The predicted octanol–water partition coefficient (Wildman–Crippen LogP) is 2.89. The summed E-state index contributed by atoms with van der Waals surface area (Å²) in [6, 6.07) is 3.28. The molecule has 1 saturated carbocycles. The Morgan fingerprint density at radius 3 is 2.72 bits per heavy atom. The first kappa shape index (κ1) is 13.1. The van der Waals surface area contributed by atoms with Gasteiger partial charge in [0.25, 0.3) is 0 Å². The third-order valence-electron chi connectivity index (χ3n) is 3.09. The highest BCUT2D eigenvalue weighted by atomic mass is 19.1. The van der Waals surface area contributed by atoms with Gasteiger partial charge in [0.15, 0.2) is 5.78 Å². The maximum Gasteiger partial charge on any atom is 0.166 e. The fraction of sp³-hybridized carbons (Fsp3) is 0.500. The van der Waals surface area contributed by atoms with Gasteiger partial charge >= 0.3 is 0 Å². The van der Waals surface area contributed by atoms with Gasteiger partial charge in [0.05, 0.1) is 0 Å². The molecule has 1 fully saturated rings. The van der Waals surface area contributed by atoms with Gasteiger partial charge in [0, 0.05) is 19.1 Å². The highest BCUT2D eigenvalue weighted by molar-refractivity contribution is 5.85. The van der Waals surface area contributed by atoms with E-state index in [1.54, 1.807) is 0 Å². The maximum absolute atomic E-state index is 13.4. The molecule has 0 amide bonds. The number of carbonyl (C=O) groups is 1. The first-order valence-electron chi connectivity index (χ1n) is 6.20. The number of halogens is 2. The highest BCUT2D eigenvalue weighted by Gasteiger charge is 2.36. The second-order valence-electron chi connectivity index (χ2n) is 4.59. The summed E-state index contributed by atoms with van der Waals surface area (Å²) in [5, 5.41) is 0.